The van der Waals surface area contributed by atoms with Gasteiger partial charge >= 0.3 is 6.03 Å². The Kier molecular flexibility index (Phi) is 5.63. The van der Waals surface area contributed by atoms with Gasteiger partial charge in [-0.15, -0.1) is 0 Å². The SMILES string of the molecule is CCOc1ccc(NC(=O)Nc2c(C)cccc2C(C)C)cc1. The maximum Gasteiger partial charge on any atom is 0.323 e. The second kappa shape index (κ2) is 7.68. The van der Waals surface area contributed by atoms with E-state index in [2.05, 4.69) is 24.5 Å². The lowest BCUT2D eigenvalue weighted by Crippen LogP contribution is -2.21. The molecule has 0 aliphatic carbocycles. The molecule has 4 heteroatoms. The van der Waals surface area contributed by atoms with Crippen molar-refractivity contribution >= 4 is 17.4 Å². The van der Waals surface area contributed by atoms with Crippen molar-refractivity contribution < 1.29 is 9.53 Å². The van der Waals surface area contributed by atoms with Crippen molar-refractivity contribution in [2.45, 2.75) is 33.6 Å². The molecule has 0 aromatic heterocycles. The number of amides is 2. The lowest BCUT2D eigenvalue weighted by molar-refractivity contribution is 0.262. The lowest BCUT2D eigenvalue weighted by Gasteiger charge is -2.17. The average Bonchev–Trinajstić information content (AvgIpc) is 2.51. The van der Waals surface area contributed by atoms with E-state index in [-0.39, 0.29) is 6.03 Å². The smallest absolute Gasteiger partial charge is 0.323 e. The number of aryl methyl sites for hydroxylation is 1. The molecule has 2 aromatic rings. The topological polar surface area (TPSA) is 50.4 Å². The molecule has 0 aliphatic rings. The summed E-state index contributed by atoms with van der Waals surface area (Å²) < 4.78 is 5.39. The molecule has 0 bridgehead atoms. The zero-order valence-corrected chi connectivity index (χ0v) is 14.1. The first-order valence-electron chi connectivity index (χ1n) is 7.91. The predicted octanol–water partition coefficient (Wildman–Crippen LogP) is 5.16. The molecule has 0 fully saturated rings. The minimum Gasteiger partial charge on any atom is -0.494 e. The van der Waals surface area contributed by atoms with Crippen molar-refractivity contribution in [2.75, 3.05) is 17.2 Å². The molecule has 0 saturated heterocycles. The second-order valence-corrected chi connectivity index (χ2v) is 5.73. The Bertz CT molecular complexity index is 664. The highest BCUT2D eigenvalue weighted by Crippen LogP contribution is 2.27. The highest BCUT2D eigenvalue weighted by Gasteiger charge is 2.12. The van der Waals surface area contributed by atoms with Crippen LogP contribution in [0, 0.1) is 6.92 Å². The number of ether oxygens (including phenoxy) is 1. The number of hydrogen-bond acceptors (Lipinski definition) is 2. The van der Waals surface area contributed by atoms with Crippen LogP contribution in [0.15, 0.2) is 42.5 Å². The van der Waals surface area contributed by atoms with Crippen molar-refractivity contribution in [1.29, 1.82) is 0 Å². The van der Waals surface area contributed by atoms with E-state index >= 15 is 0 Å². The normalized spacial score (nSPS) is 10.5. The molecule has 0 aliphatic heterocycles. The molecule has 4 nitrogen and oxygen atoms in total. The number of para-hydroxylation sites is 1. The van der Waals surface area contributed by atoms with Gasteiger partial charge in [0, 0.05) is 11.4 Å². The summed E-state index contributed by atoms with van der Waals surface area (Å²) in [5.74, 6) is 1.13. The fourth-order valence-corrected chi connectivity index (χ4v) is 2.42. The maximum atomic E-state index is 12.3. The van der Waals surface area contributed by atoms with Crippen LogP contribution in [0.5, 0.6) is 5.75 Å². The van der Waals surface area contributed by atoms with Gasteiger partial charge in [-0.05, 0) is 55.2 Å². The van der Waals surface area contributed by atoms with Gasteiger partial charge in [-0.2, -0.15) is 0 Å². The number of urea groups is 1. The van der Waals surface area contributed by atoms with Gasteiger partial charge in [0.25, 0.3) is 0 Å². The van der Waals surface area contributed by atoms with E-state index in [1.165, 1.54) is 0 Å². The molecule has 2 amide bonds. The number of anilines is 2. The monoisotopic (exact) mass is 312 g/mol. The summed E-state index contributed by atoms with van der Waals surface area (Å²) in [6.45, 7) is 8.79. The van der Waals surface area contributed by atoms with Crippen LogP contribution in [0.25, 0.3) is 0 Å². The Morgan fingerprint density at radius 3 is 2.39 bits per heavy atom. The van der Waals surface area contributed by atoms with Gasteiger partial charge < -0.3 is 15.4 Å². The first-order valence-corrected chi connectivity index (χ1v) is 7.91. The average molecular weight is 312 g/mol. The van der Waals surface area contributed by atoms with Gasteiger partial charge in [-0.25, -0.2) is 4.79 Å². The fraction of sp³-hybridized carbons (Fsp3) is 0.316. The molecule has 2 aromatic carbocycles. The van der Waals surface area contributed by atoms with Gasteiger partial charge in [0.05, 0.1) is 6.61 Å². The van der Waals surface area contributed by atoms with Crippen molar-refractivity contribution in [3.8, 4) is 5.75 Å². The summed E-state index contributed by atoms with van der Waals surface area (Å²) in [6, 6.07) is 13.1. The molecule has 0 atom stereocenters. The Balaban J connectivity index is 2.08. The highest BCUT2D eigenvalue weighted by molar-refractivity contribution is 6.00. The van der Waals surface area contributed by atoms with E-state index in [9.17, 15) is 4.79 Å². The Labute approximate surface area is 137 Å². The maximum absolute atomic E-state index is 12.3. The zero-order valence-electron chi connectivity index (χ0n) is 14.1. The van der Waals surface area contributed by atoms with Crippen LogP contribution < -0.4 is 15.4 Å². The minimum atomic E-state index is -0.245. The van der Waals surface area contributed by atoms with Gasteiger partial charge in [0.15, 0.2) is 0 Å². The summed E-state index contributed by atoms with van der Waals surface area (Å²) in [6.07, 6.45) is 0. The quantitative estimate of drug-likeness (QED) is 0.801. The van der Waals surface area contributed by atoms with E-state index in [0.717, 1.165) is 28.3 Å². The highest BCUT2D eigenvalue weighted by atomic mass is 16.5. The molecule has 0 heterocycles. The van der Waals surface area contributed by atoms with Crippen LogP contribution in [0.1, 0.15) is 37.8 Å². The van der Waals surface area contributed by atoms with E-state index in [4.69, 9.17) is 4.74 Å². The van der Waals surface area contributed by atoms with E-state index < -0.39 is 0 Å². The summed E-state index contributed by atoms with van der Waals surface area (Å²) in [5, 5.41) is 5.81. The molecule has 0 radical (unpaired) electrons. The minimum absolute atomic E-state index is 0.245. The van der Waals surface area contributed by atoms with Crippen molar-refractivity contribution in [3.05, 3.63) is 53.6 Å². The van der Waals surface area contributed by atoms with Crippen LogP contribution in [0.4, 0.5) is 16.2 Å². The molecule has 2 N–H and O–H groups in total. The Hall–Kier alpha value is -2.49. The number of hydrogen-bond donors (Lipinski definition) is 2. The van der Waals surface area contributed by atoms with Crippen LogP contribution in [-0.4, -0.2) is 12.6 Å². The first-order chi connectivity index (χ1) is 11.0. The van der Waals surface area contributed by atoms with Crippen molar-refractivity contribution in [1.82, 2.24) is 0 Å². The number of carbonyl (C=O) groups is 1. The van der Waals surface area contributed by atoms with Gasteiger partial charge in [-0.3, -0.25) is 0 Å². The number of carbonyl (C=O) groups excluding carboxylic acids is 1. The van der Waals surface area contributed by atoms with Crippen molar-refractivity contribution in [3.63, 3.8) is 0 Å². The third-order valence-electron chi connectivity index (χ3n) is 3.59. The summed E-state index contributed by atoms with van der Waals surface area (Å²) in [5.41, 5.74) is 3.79. The standard InChI is InChI=1S/C19H24N2O2/c1-5-23-16-11-9-15(10-12-16)20-19(22)21-18-14(4)7-6-8-17(18)13(2)3/h6-13H,5H2,1-4H3,(H2,20,21,22). The molecule has 23 heavy (non-hydrogen) atoms. The molecular weight excluding hydrogens is 288 g/mol. The number of benzene rings is 2. The van der Waals surface area contributed by atoms with Crippen LogP contribution in [0.3, 0.4) is 0 Å². The molecule has 0 unspecified atom stereocenters. The van der Waals surface area contributed by atoms with Crippen LogP contribution in [-0.2, 0) is 0 Å². The van der Waals surface area contributed by atoms with Crippen molar-refractivity contribution in [2.24, 2.45) is 0 Å². The van der Waals surface area contributed by atoms with E-state index in [1.54, 1.807) is 0 Å². The van der Waals surface area contributed by atoms with Crippen LogP contribution >= 0.6 is 0 Å². The number of rotatable bonds is 5. The van der Waals surface area contributed by atoms with Gasteiger partial charge in [0.1, 0.15) is 5.75 Å². The molecule has 0 saturated carbocycles. The Morgan fingerprint density at radius 2 is 1.78 bits per heavy atom. The van der Waals surface area contributed by atoms with E-state index in [0.29, 0.717) is 12.5 Å². The van der Waals surface area contributed by atoms with E-state index in [1.807, 2.05) is 56.3 Å². The third-order valence-corrected chi connectivity index (χ3v) is 3.59. The van der Waals surface area contributed by atoms with Crippen LogP contribution in [0.2, 0.25) is 0 Å². The molecule has 0 spiro atoms. The summed E-state index contributed by atoms with van der Waals surface area (Å²) >= 11 is 0. The number of nitrogens with one attached hydrogen (secondary N) is 2. The Morgan fingerprint density at radius 1 is 1.09 bits per heavy atom. The second-order valence-electron chi connectivity index (χ2n) is 5.73. The molecular formula is C19H24N2O2. The largest absolute Gasteiger partial charge is 0.494 e. The first kappa shape index (κ1) is 16.9. The predicted molar refractivity (Wildman–Crippen MR) is 95.5 cm³/mol. The summed E-state index contributed by atoms with van der Waals surface area (Å²) in [4.78, 5) is 12.3. The van der Waals surface area contributed by atoms with Gasteiger partial charge in [-0.1, -0.05) is 32.0 Å². The molecule has 2 rings (SSSR count). The zero-order chi connectivity index (χ0) is 16.8. The lowest BCUT2D eigenvalue weighted by atomic mass is 9.98. The molecule has 122 valence electrons. The third kappa shape index (κ3) is 4.49. The summed E-state index contributed by atoms with van der Waals surface area (Å²) in [7, 11) is 0. The van der Waals surface area contributed by atoms with Gasteiger partial charge in [0.2, 0.25) is 0 Å². The fourth-order valence-electron chi connectivity index (χ4n) is 2.42.